The number of rotatable bonds is 12. The molecule has 36 heavy (non-hydrogen) atoms. The summed E-state index contributed by atoms with van der Waals surface area (Å²) in [6.07, 6.45) is -3.94. The molecule has 0 heterocycles. The van der Waals surface area contributed by atoms with Crippen molar-refractivity contribution in [1.29, 1.82) is 0 Å². The van der Waals surface area contributed by atoms with Gasteiger partial charge in [-0.3, -0.25) is 0 Å². The van der Waals surface area contributed by atoms with Gasteiger partial charge in [-0.15, -0.1) is 6.58 Å². The van der Waals surface area contributed by atoms with Gasteiger partial charge in [0.15, 0.2) is 0 Å². The van der Waals surface area contributed by atoms with Crippen LogP contribution >= 0.6 is 0 Å². The Balaban J connectivity index is 1.60. The highest BCUT2D eigenvalue weighted by Gasteiger charge is 2.52. The van der Waals surface area contributed by atoms with Gasteiger partial charge in [-0.25, -0.2) is 0 Å². The van der Waals surface area contributed by atoms with Crippen LogP contribution in [-0.4, -0.2) is 53.4 Å². The van der Waals surface area contributed by atoms with Gasteiger partial charge in [-0.05, 0) is 16.7 Å². The zero-order valence-electron chi connectivity index (χ0n) is 20.3. The molecule has 6 atom stereocenters. The molecule has 0 saturated heterocycles. The van der Waals surface area contributed by atoms with E-state index in [2.05, 4.69) is 6.58 Å². The highest BCUT2D eigenvalue weighted by molar-refractivity contribution is 5.16. The molecule has 1 aliphatic rings. The minimum atomic E-state index is -1.24. The van der Waals surface area contributed by atoms with Crippen LogP contribution in [0, 0.1) is 0 Å². The van der Waals surface area contributed by atoms with Crippen LogP contribution in [-0.2, 0) is 38.8 Å². The lowest BCUT2D eigenvalue weighted by atomic mass is 9.84. The summed E-state index contributed by atoms with van der Waals surface area (Å²) in [5.41, 5.74) is 2.90. The number of aliphatic hydroxyl groups excluding tert-OH is 2. The summed E-state index contributed by atoms with van der Waals surface area (Å²) in [4.78, 5) is 0. The molecule has 0 bridgehead atoms. The van der Waals surface area contributed by atoms with Crippen molar-refractivity contribution < 1.29 is 29.2 Å². The first kappa shape index (κ1) is 26.2. The fourth-order valence-electron chi connectivity index (χ4n) is 4.40. The van der Waals surface area contributed by atoms with E-state index < -0.39 is 36.6 Å². The van der Waals surface area contributed by atoms with Crippen LogP contribution in [0.2, 0.25) is 0 Å². The number of ether oxygens (including phenoxy) is 4. The van der Waals surface area contributed by atoms with Crippen molar-refractivity contribution in [3.63, 3.8) is 0 Å². The SMILES string of the molecule is C=CCO[C@H]1[C@@H](O)[C@H](O)[C@H](OCc2ccccc2)[C@H](OCc2ccccc2)[C@@H]1OCc1ccccc1. The van der Waals surface area contributed by atoms with Gasteiger partial charge in [-0.1, -0.05) is 97.1 Å². The molecular weight excluding hydrogens is 456 g/mol. The zero-order chi connectivity index (χ0) is 25.2. The predicted molar refractivity (Wildman–Crippen MR) is 137 cm³/mol. The minimum absolute atomic E-state index is 0.195. The molecule has 3 aromatic carbocycles. The number of benzene rings is 3. The molecule has 6 heteroatoms. The Morgan fingerprint density at radius 1 is 0.528 bits per heavy atom. The summed E-state index contributed by atoms with van der Waals surface area (Å²) in [6, 6.07) is 29.2. The molecular formula is C30H34O6. The van der Waals surface area contributed by atoms with Gasteiger partial charge in [0.2, 0.25) is 0 Å². The quantitative estimate of drug-likeness (QED) is 0.373. The molecule has 0 spiro atoms. The molecule has 1 aliphatic carbocycles. The average Bonchev–Trinajstić information content (AvgIpc) is 2.93. The Labute approximate surface area is 212 Å². The molecule has 1 fully saturated rings. The molecule has 0 unspecified atom stereocenters. The first-order chi connectivity index (χ1) is 17.7. The molecule has 6 nitrogen and oxygen atoms in total. The lowest BCUT2D eigenvalue weighted by Gasteiger charge is -2.47. The summed E-state index contributed by atoms with van der Waals surface area (Å²) < 4.78 is 24.8. The van der Waals surface area contributed by atoms with E-state index in [-0.39, 0.29) is 13.2 Å². The van der Waals surface area contributed by atoms with E-state index in [4.69, 9.17) is 18.9 Å². The third-order valence-corrected chi connectivity index (χ3v) is 6.26. The molecule has 0 aliphatic heterocycles. The van der Waals surface area contributed by atoms with Gasteiger partial charge in [0.25, 0.3) is 0 Å². The van der Waals surface area contributed by atoms with E-state index in [9.17, 15) is 10.2 Å². The zero-order valence-corrected chi connectivity index (χ0v) is 20.3. The van der Waals surface area contributed by atoms with E-state index in [0.29, 0.717) is 13.2 Å². The Morgan fingerprint density at radius 3 is 1.22 bits per heavy atom. The van der Waals surface area contributed by atoms with Crippen molar-refractivity contribution in [3.8, 4) is 0 Å². The van der Waals surface area contributed by atoms with Gasteiger partial charge in [0.1, 0.15) is 36.6 Å². The maximum absolute atomic E-state index is 11.1. The Hall–Kier alpha value is -2.84. The second-order valence-electron chi connectivity index (χ2n) is 8.85. The lowest BCUT2D eigenvalue weighted by molar-refractivity contribution is -0.270. The van der Waals surface area contributed by atoms with Crippen molar-refractivity contribution in [2.24, 2.45) is 0 Å². The highest BCUT2D eigenvalue weighted by Crippen LogP contribution is 2.32. The Morgan fingerprint density at radius 2 is 0.861 bits per heavy atom. The maximum Gasteiger partial charge on any atom is 0.116 e. The van der Waals surface area contributed by atoms with Crippen LogP contribution in [0.1, 0.15) is 16.7 Å². The van der Waals surface area contributed by atoms with E-state index in [1.54, 1.807) is 6.08 Å². The third kappa shape index (κ3) is 6.89. The van der Waals surface area contributed by atoms with Crippen molar-refractivity contribution in [2.75, 3.05) is 6.61 Å². The Bertz CT molecular complexity index is 1030. The normalized spacial score (nSPS) is 25.9. The standard InChI is InChI=1S/C30H34O6/c1-2-18-33-27-25(31)26(32)28(34-19-22-12-6-3-7-13-22)30(36-21-24-16-10-5-11-17-24)29(27)35-20-23-14-8-4-9-15-23/h2-17,25-32H,1,18-21H2/t25-,26-,27-,28-,29+,30-/m0/s1. The van der Waals surface area contributed by atoms with E-state index in [0.717, 1.165) is 16.7 Å². The molecule has 4 rings (SSSR count). The molecule has 3 aromatic rings. The van der Waals surface area contributed by atoms with Crippen molar-refractivity contribution >= 4 is 0 Å². The lowest BCUT2D eigenvalue weighted by Crippen LogP contribution is -2.66. The highest BCUT2D eigenvalue weighted by atomic mass is 16.6. The molecule has 190 valence electrons. The van der Waals surface area contributed by atoms with E-state index in [1.807, 2.05) is 91.0 Å². The first-order valence-electron chi connectivity index (χ1n) is 12.2. The third-order valence-electron chi connectivity index (χ3n) is 6.26. The molecule has 0 radical (unpaired) electrons. The van der Waals surface area contributed by atoms with Crippen molar-refractivity contribution in [3.05, 3.63) is 120 Å². The summed E-state index contributed by atoms with van der Waals surface area (Å²) in [5, 5.41) is 22.2. The molecule has 0 aromatic heterocycles. The fourth-order valence-corrected chi connectivity index (χ4v) is 4.40. The molecule has 0 amide bonds. The summed E-state index contributed by atoms with van der Waals surface area (Å²) in [5.74, 6) is 0. The van der Waals surface area contributed by atoms with Crippen LogP contribution in [0.5, 0.6) is 0 Å². The van der Waals surface area contributed by atoms with Gasteiger partial charge < -0.3 is 29.2 Å². The fraction of sp³-hybridized carbons (Fsp3) is 0.333. The number of hydrogen-bond acceptors (Lipinski definition) is 6. The average molecular weight is 491 g/mol. The van der Waals surface area contributed by atoms with Crippen molar-refractivity contribution in [1.82, 2.24) is 0 Å². The van der Waals surface area contributed by atoms with Gasteiger partial charge in [-0.2, -0.15) is 0 Å². The number of hydrogen-bond donors (Lipinski definition) is 2. The smallest absolute Gasteiger partial charge is 0.116 e. The van der Waals surface area contributed by atoms with Crippen molar-refractivity contribution in [2.45, 2.75) is 56.4 Å². The summed E-state index contributed by atoms with van der Waals surface area (Å²) >= 11 is 0. The summed E-state index contributed by atoms with van der Waals surface area (Å²) in [7, 11) is 0. The van der Waals surface area contributed by atoms with Gasteiger partial charge in [0.05, 0.1) is 26.4 Å². The van der Waals surface area contributed by atoms with Gasteiger partial charge in [0, 0.05) is 0 Å². The van der Waals surface area contributed by atoms with Crippen LogP contribution in [0.3, 0.4) is 0 Å². The van der Waals surface area contributed by atoms with Crippen LogP contribution in [0.15, 0.2) is 104 Å². The van der Waals surface area contributed by atoms with E-state index in [1.165, 1.54) is 0 Å². The minimum Gasteiger partial charge on any atom is -0.387 e. The second kappa shape index (κ2) is 13.5. The first-order valence-corrected chi connectivity index (χ1v) is 12.2. The monoisotopic (exact) mass is 490 g/mol. The molecule has 2 N–H and O–H groups in total. The maximum atomic E-state index is 11.1. The van der Waals surface area contributed by atoms with Crippen LogP contribution < -0.4 is 0 Å². The van der Waals surface area contributed by atoms with Crippen LogP contribution in [0.4, 0.5) is 0 Å². The van der Waals surface area contributed by atoms with Gasteiger partial charge >= 0.3 is 0 Å². The Kier molecular flexibility index (Phi) is 9.81. The topological polar surface area (TPSA) is 77.4 Å². The van der Waals surface area contributed by atoms with Crippen LogP contribution in [0.25, 0.3) is 0 Å². The number of aliphatic hydroxyl groups is 2. The second-order valence-corrected chi connectivity index (χ2v) is 8.85. The van der Waals surface area contributed by atoms with E-state index >= 15 is 0 Å². The predicted octanol–water partition coefficient (Wildman–Crippen LogP) is 4.05. The summed E-state index contributed by atoms with van der Waals surface area (Å²) in [6.45, 7) is 4.75. The largest absolute Gasteiger partial charge is 0.387 e. The molecule has 1 saturated carbocycles.